The van der Waals surface area contributed by atoms with Crippen LogP contribution in [0, 0.1) is 5.41 Å². The smallest absolute Gasteiger partial charge is 0.0970 e. The zero-order chi connectivity index (χ0) is 9.99. The Morgan fingerprint density at radius 2 is 1.50 bits per heavy atom. The molecule has 1 atom stereocenters. The molecular weight excluding hydrogens is 170 g/mol. The maximum absolute atomic E-state index is 11.5. The molecule has 0 aliphatic rings. The van der Waals surface area contributed by atoms with E-state index in [-0.39, 0.29) is 10.2 Å². The molecule has 0 saturated carbocycles. The van der Waals surface area contributed by atoms with Crippen LogP contribution in [0.3, 0.4) is 0 Å². The summed E-state index contributed by atoms with van der Waals surface area (Å²) in [5, 5.41) is 0. The molecule has 12 heavy (non-hydrogen) atoms. The minimum atomic E-state index is -0.934. The fraction of sp³-hybridized carbons (Fsp3) is 1.00. The molecule has 0 fully saturated rings. The van der Waals surface area contributed by atoms with Crippen LogP contribution in [-0.2, 0) is 11.0 Å². The lowest BCUT2D eigenvalue weighted by molar-refractivity contribution is 0.411. The monoisotopic (exact) mass is 191 g/mol. The Bertz CT molecular complexity index is 164. The summed E-state index contributed by atoms with van der Waals surface area (Å²) in [6, 6.07) is 0. The van der Waals surface area contributed by atoms with Crippen LogP contribution >= 0.6 is 0 Å². The van der Waals surface area contributed by atoms with Crippen molar-refractivity contribution in [2.45, 2.75) is 46.3 Å². The summed E-state index contributed by atoms with van der Waals surface area (Å²) in [5.41, 5.74) is 0.195. The Balaban J connectivity index is 3.90. The molecule has 0 bridgehead atoms. The topological polar surface area (TPSA) is 29.1 Å². The second-order valence-electron chi connectivity index (χ2n) is 5.26. The molecule has 0 rings (SSSR count). The Hall–Kier alpha value is 0.110. The number of hydrogen-bond donors (Lipinski definition) is 1. The minimum Gasteiger partial charge on any atom is -0.242 e. The number of nitrogens with one attached hydrogen (secondary N) is 1. The van der Waals surface area contributed by atoms with Gasteiger partial charge in [-0.3, -0.25) is 0 Å². The highest BCUT2D eigenvalue weighted by Crippen LogP contribution is 2.13. The second-order valence-corrected chi connectivity index (χ2v) is 7.31. The van der Waals surface area contributed by atoms with Crippen molar-refractivity contribution in [1.82, 2.24) is 4.72 Å². The summed E-state index contributed by atoms with van der Waals surface area (Å²) >= 11 is 0. The Labute approximate surface area is 78.7 Å². The first-order valence-corrected chi connectivity index (χ1v) is 5.43. The van der Waals surface area contributed by atoms with Gasteiger partial charge in [0.05, 0.1) is 15.7 Å². The van der Waals surface area contributed by atoms with E-state index < -0.39 is 11.0 Å². The summed E-state index contributed by atoms with van der Waals surface area (Å²) in [4.78, 5) is 0. The van der Waals surface area contributed by atoms with Gasteiger partial charge in [-0.05, 0) is 26.2 Å². The van der Waals surface area contributed by atoms with Gasteiger partial charge in [0.15, 0.2) is 0 Å². The molecule has 74 valence electrons. The summed E-state index contributed by atoms with van der Waals surface area (Å²) in [7, 11) is -0.934. The van der Waals surface area contributed by atoms with Crippen molar-refractivity contribution in [2.24, 2.45) is 5.41 Å². The van der Waals surface area contributed by atoms with Crippen LogP contribution < -0.4 is 4.72 Å². The highest BCUT2D eigenvalue weighted by atomic mass is 32.2. The number of hydrogen-bond acceptors (Lipinski definition) is 1. The van der Waals surface area contributed by atoms with Gasteiger partial charge in [0.25, 0.3) is 0 Å². The maximum atomic E-state index is 11.5. The third kappa shape index (κ3) is 5.72. The van der Waals surface area contributed by atoms with E-state index in [4.69, 9.17) is 0 Å². The van der Waals surface area contributed by atoms with Crippen molar-refractivity contribution in [3.63, 3.8) is 0 Å². The molecule has 2 nitrogen and oxygen atoms in total. The Morgan fingerprint density at radius 3 is 1.75 bits per heavy atom. The van der Waals surface area contributed by atoms with E-state index in [2.05, 4.69) is 25.5 Å². The molecule has 1 unspecified atom stereocenters. The van der Waals surface area contributed by atoms with Gasteiger partial charge in [0.1, 0.15) is 0 Å². The van der Waals surface area contributed by atoms with Crippen molar-refractivity contribution < 1.29 is 4.21 Å². The lowest BCUT2D eigenvalue weighted by atomic mass is 9.98. The van der Waals surface area contributed by atoms with E-state index >= 15 is 0 Å². The van der Waals surface area contributed by atoms with E-state index in [1.807, 2.05) is 20.8 Å². The molecule has 0 aliphatic heterocycles. The molecule has 0 radical (unpaired) electrons. The van der Waals surface area contributed by atoms with Crippen LogP contribution in [0.25, 0.3) is 0 Å². The molecule has 0 amide bonds. The van der Waals surface area contributed by atoms with Gasteiger partial charge in [0, 0.05) is 6.54 Å². The first kappa shape index (κ1) is 12.1. The number of rotatable bonds is 2. The predicted octanol–water partition coefficient (Wildman–Crippen LogP) is 2.08. The molecule has 0 aromatic carbocycles. The standard InChI is InChI=1S/C9H21NOS/c1-8(2,3)7-10-12(11)9(4,5)6/h10H,7H2,1-6H3. The zero-order valence-electron chi connectivity index (χ0n) is 9.02. The highest BCUT2D eigenvalue weighted by Gasteiger charge is 2.21. The van der Waals surface area contributed by atoms with Gasteiger partial charge in [-0.15, -0.1) is 0 Å². The predicted molar refractivity (Wildman–Crippen MR) is 55.4 cm³/mol. The minimum absolute atomic E-state index is 0.161. The zero-order valence-corrected chi connectivity index (χ0v) is 9.84. The van der Waals surface area contributed by atoms with E-state index in [1.165, 1.54) is 0 Å². The summed E-state index contributed by atoms with van der Waals surface area (Å²) in [5.74, 6) is 0. The van der Waals surface area contributed by atoms with Gasteiger partial charge < -0.3 is 0 Å². The van der Waals surface area contributed by atoms with Crippen LogP contribution in [-0.4, -0.2) is 15.5 Å². The van der Waals surface area contributed by atoms with Gasteiger partial charge in [-0.1, -0.05) is 20.8 Å². The molecular formula is C9H21NOS. The van der Waals surface area contributed by atoms with Crippen LogP contribution in [0.5, 0.6) is 0 Å². The third-order valence-corrected chi connectivity index (χ3v) is 2.81. The van der Waals surface area contributed by atoms with Crippen LogP contribution in [0.4, 0.5) is 0 Å². The van der Waals surface area contributed by atoms with E-state index in [0.717, 1.165) is 6.54 Å². The summed E-state index contributed by atoms with van der Waals surface area (Å²) in [6.07, 6.45) is 0. The van der Waals surface area contributed by atoms with Gasteiger partial charge in [-0.2, -0.15) is 0 Å². The third-order valence-electron chi connectivity index (χ3n) is 1.29. The Morgan fingerprint density at radius 1 is 1.08 bits per heavy atom. The fourth-order valence-electron chi connectivity index (χ4n) is 0.499. The first-order valence-electron chi connectivity index (χ1n) is 4.28. The van der Waals surface area contributed by atoms with Crippen LogP contribution in [0.15, 0.2) is 0 Å². The molecule has 1 N–H and O–H groups in total. The van der Waals surface area contributed by atoms with Crippen molar-refractivity contribution >= 4 is 11.0 Å². The molecule has 3 heteroatoms. The van der Waals surface area contributed by atoms with E-state index in [9.17, 15) is 4.21 Å². The molecule has 0 heterocycles. The molecule has 0 aliphatic carbocycles. The van der Waals surface area contributed by atoms with Gasteiger partial charge in [-0.25, -0.2) is 8.93 Å². The summed E-state index contributed by atoms with van der Waals surface area (Å²) in [6.45, 7) is 13.1. The lowest BCUT2D eigenvalue weighted by Gasteiger charge is -2.23. The fourth-order valence-corrected chi connectivity index (χ4v) is 1.50. The van der Waals surface area contributed by atoms with Gasteiger partial charge >= 0.3 is 0 Å². The van der Waals surface area contributed by atoms with E-state index in [0.29, 0.717) is 0 Å². The van der Waals surface area contributed by atoms with E-state index in [1.54, 1.807) is 0 Å². The molecule has 0 aromatic rings. The van der Waals surface area contributed by atoms with Crippen molar-refractivity contribution in [1.29, 1.82) is 0 Å². The first-order chi connectivity index (χ1) is 5.13. The largest absolute Gasteiger partial charge is 0.242 e. The average Bonchev–Trinajstić information content (AvgIpc) is 1.78. The lowest BCUT2D eigenvalue weighted by Crippen LogP contribution is -2.37. The normalized spacial score (nSPS) is 16.2. The van der Waals surface area contributed by atoms with Crippen LogP contribution in [0.1, 0.15) is 41.5 Å². The maximum Gasteiger partial charge on any atom is 0.0970 e. The SMILES string of the molecule is CC(C)(C)CNS(=O)C(C)(C)C. The quantitative estimate of drug-likeness (QED) is 0.711. The highest BCUT2D eigenvalue weighted by molar-refractivity contribution is 7.84. The van der Waals surface area contributed by atoms with Gasteiger partial charge in [0.2, 0.25) is 0 Å². The average molecular weight is 191 g/mol. The molecule has 0 aromatic heterocycles. The summed E-state index contributed by atoms with van der Waals surface area (Å²) < 4.78 is 14.4. The van der Waals surface area contributed by atoms with Crippen molar-refractivity contribution in [3.8, 4) is 0 Å². The molecule has 0 spiro atoms. The second kappa shape index (κ2) is 3.88. The van der Waals surface area contributed by atoms with Crippen molar-refractivity contribution in [3.05, 3.63) is 0 Å². The van der Waals surface area contributed by atoms with Crippen molar-refractivity contribution in [2.75, 3.05) is 6.54 Å². The van der Waals surface area contributed by atoms with Crippen LogP contribution in [0.2, 0.25) is 0 Å². The Kier molecular flexibility index (Phi) is 3.91. The molecule has 0 saturated heterocycles.